The van der Waals surface area contributed by atoms with Crippen molar-refractivity contribution in [1.29, 1.82) is 0 Å². The molecule has 1 saturated heterocycles. The number of aliphatic hydroxyl groups is 1. The second-order valence-electron chi connectivity index (χ2n) is 6.19. The summed E-state index contributed by atoms with van der Waals surface area (Å²) in [4.78, 5) is 37.2. The highest BCUT2D eigenvalue weighted by atomic mass is 35.5. The minimum Gasteiger partial charge on any atom is -0.507 e. The van der Waals surface area contributed by atoms with E-state index in [1.54, 1.807) is 0 Å². The van der Waals surface area contributed by atoms with Gasteiger partial charge in [0.1, 0.15) is 11.6 Å². The Morgan fingerprint density at radius 2 is 1.64 bits per heavy atom. The Morgan fingerprint density at radius 1 is 1.04 bits per heavy atom. The van der Waals surface area contributed by atoms with Crippen molar-refractivity contribution in [1.82, 2.24) is 4.90 Å². The zero-order valence-corrected chi connectivity index (χ0v) is 15.2. The number of aliphatic hydroxyl groups excluding tert-OH is 1. The Morgan fingerprint density at radius 3 is 2.21 bits per heavy atom. The molecule has 3 rings (SSSR count). The number of Topliss-reactive ketones (excluding diaryl/α,β-unsaturated/α-hetero) is 1. The molecule has 0 aromatic heterocycles. The van der Waals surface area contributed by atoms with Crippen LogP contribution in [0.4, 0.5) is 4.39 Å². The van der Waals surface area contributed by atoms with E-state index in [-0.39, 0.29) is 24.1 Å². The molecule has 0 aliphatic carbocycles. The van der Waals surface area contributed by atoms with Gasteiger partial charge in [0, 0.05) is 17.1 Å². The fraction of sp³-hybridized carbons (Fsp3) is 0.150. The van der Waals surface area contributed by atoms with E-state index in [4.69, 9.17) is 16.7 Å². The molecule has 1 aliphatic heterocycles. The molecule has 0 saturated carbocycles. The van der Waals surface area contributed by atoms with Gasteiger partial charge in [-0.15, -0.1) is 0 Å². The van der Waals surface area contributed by atoms with Gasteiger partial charge in [0.15, 0.2) is 0 Å². The molecule has 1 atom stereocenters. The summed E-state index contributed by atoms with van der Waals surface area (Å²) >= 11 is 5.84. The summed E-state index contributed by atoms with van der Waals surface area (Å²) in [5.74, 6) is -3.93. The lowest BCUT2D eigenvalue weighted by Crippen LogP contribution is -2.31. The predicted octanol–water partition coefficient (Wildman–Crippen LogP) is 3.38. The highest BCUT2D eigenvalue weighted by Gasteiger charge is 2.46. The summed E-state index contributed by atoms with van der Waals surface area (Å²) < 4.78 is 13.3. The van der Waals surface area contributed by atoms with Gasteiger partial charge in [0.2, 0.25) is 0 Å². The van der Waals surface area contributed by atoms with Crippen molar-refractivity contribution in [3.8, 4) is 0 Å². The third-order valence-electron chi connectivity index (χ3n) is 4.41. The van der Waals surface area contributed by atoms with E-state index < -0.39 is 35.3 Å². The molecule has 1 fully saturated rings. The van der Waals surface area contributed by atoms with Crippen LogP contribution < -0.4 is 0 Å². The number of nitrogens with zero attached hydrogens (tertiary/aromatic N) is 1. The molecule has 0 radical (unpaired) electrons. The fourth-order valence-electron chi connectivity index (χ4n) is 3.08. The van der Waals surface area contributed by atoms with Crippen LogP contribution >= 0.6 is 11.6 Å². The number of amides is 1. The lowest BCUT2D eigenvalue weighted by Gasteiger charge is -2.24. The molecule has 1 heterocycles. The number of hydrogen-bond donors (Lipinski definition) is 2. The Balaban J connectivity index is 2.14. The highest BCUT2D eigenvalue weighted by molar-refractivity contribution is 6.46. The number of rotatable bonds is 5. The van der Waals surface area contributed by atoms with E-state index in [9.17, 15) is 23.9 Å². The second-order valence-corrected chi connectivity index (χ2v) is 6.63. The molecule has 0 bridgehead atoms. The van der Waals surface area contributed by atoms with E-state index in [1.165, 1.54) is 36.4 Å². The van der Waals surface area contributed by atoms with Gasteiger partial charge in [-0.1, -0.05) is 23.7 Å². The highest BCUT2D eigenvalue weighted by Crippen LogP contribution is 2.39. The smallest absolute Gasteiger partial charge is 0.305 e. The number of ketones is 1. The number of carbonyl (C=O) groups excluding carboxylic acids is 2. The molecule has 0 spiro atoms. The normalized spacial score (nSPS) is 18.5. The van der Waals surface area contributed by atoms with E-state index in [2.05, 4.69) is 0 Å². The Labute approximate surface area is 164 Å². The summed E-state index contributed by atoms with van der Waals surface area (Å²) in [5.41, 5.74) is 0.457. The Kier molecular flexibility index (Phi) is 5.46. The van der Waals surface area contributed by atoms with E-state index in [1.807, 2.05) is 0 Å². The third kappa shape index (κ3) is 3.75. The van der Waals surface area contributed by atoms with E-state index >= 15 is 0 Å². The van der Waals surface area contributed by atoms with Gasteiger partial charge in [0.25, 0.3) is 11.7 Å². The van der Waals surface area contributed by atoms with Crippen LogP contribution in [0.2, 0.25) is 5.02 Å². The minimum absolute atomic E-state index is 0.190. The maximum atomic E-state index is 13.3. The molecule has 144 valence electrons. The monoisotopic (exact) mass is 403 g/mol. The first-order valence-corrected chi connectivity index (χ1v) is 8.69. The van der Waals surface area contributed by atoms with Crippen LogP contribution in [0.5, 0.6) is 0 Å². The van der Waals surface area contributed by atoms with Crippen LogP contribution in [0.15, 0.2) is 54.1 Å². The average molecular weight is 404 g/mol. The quantitative estimate of drug-likeness (QED) is 0.453. The molecular weight excluding hydrogens is 389 g/mol. The van der Waals surface area contributed by atoms with E-state index in [0.29, 0.717) is 10.6 Å². The van der Waals surface area contributed by atoms with Crippen LogP contribution in [-0.4, -0.2) is 39.3 Å². The summed E-state index contributed by atoms with van der Waals surface area (Å²) in [6.45, 7) is -0.237. The molecule has 2 aromatic carbocycles. The molecule has 1 amide bonds. The predicted molar refractivity (Wildman–Crippen MR) is 99.1 cm³/mol. The number of aliphatic carboxylic acids is 1. The summed E-state index contributed by atoms with van der Waals surface area (Å²) in [6, 6.07) is 10.1. The zero-order valence-electron chi connectivity index (χ0n) is 14.4. The van der Waals surface area contributed by atoms with Gasteiger partial charge in [-0.25, -0.2) is 4.39 Å². The van der Waals surface area contributed by atoms with Gasteiger partial charge in [-0.3, -0.25) is 14.4 Å². The van der Waals surface area contributed by atoms with Crippen molar-refractivity contribution in [2.75, 3.05) is 6.54 Å². The zero-order chi connectivity index (χ0) is 20.4. The lowest BCUT2D eigenvalue weighted by atomic mass is 9.95. The van der Waals surface area contributed by atoms with Crippen LogP contribution in [0, 0.1) is 5.82 Å². The number of benzene rings is 2. The van der Waals surface area contributed by atoms with Crippen molar-refractivity contribution < 1.29 is 29.0 Å². The van der Waals surface area contributed by atoms with Gasteiger partial charge in [0.05, 0.1) is 18.0 Å². The second kappa shape index (κ2) is 7.82. The Bertz CT molecular complexity index is 969. The van der Waals surface area contributed by atoms with Gasteiger partial charge >= 0.3 is 5.97 Å². The number of halogens is 2. The molecule has 8 heteroatoms. The van der Waals surface area contributed by atoms with Gasteiger partial charge < -0.3 is 15.1 Å². The van der Waals surface area contributed by atoms with E-state index in [0.717, 1.165) is 17.0 Å². The summed E-state index contributed by atoms with van der Waals surface area (Å²) in [5, 5.41) is 20.1. The standard InChI is InChI=1S/C20H15ClFNO5/c21-13-5-1-12(2-6-13)18(26)16-17(11-3-7-14(22)8-4-11)23(10-9-15(24)25)20(28)19(16)27/h1-8,17,26H,9-10H2,(H,24,25)/t17-/m1/s1. The SMILES string of the molecule is O=C(O)CCN1C(=O)C(=O)C(=C(O)c2ccc(Cl)cc2)[C@H]1c1ccc(F)cc1. The van der Waals surface area contributed by atoms with Crippen molar-refractivity contribution in [2.24, 2.45) is 0 Å². The van der Waals surface area contributed by atoms with Gasteiger partial charge in [-0.05, 0) is 42.0 Å². The lowest BCUT2D eigenvalue weighted by molar-refractivity contribution is -0.142. The summed E-state index contributed by atoms with van der Waals surface area (Å²) in [6.07, 6.45) is -0.383. The largest absolute Gasteiger partial charge is 0.507 e. The van der Waals surface area contributed by atoms with Crippen molar-refractivity contribution >= 4 is 35.0 Å². The molecule has 6 nitrogen and oxygen atoms in total. The number of carboxylic acids is 1. The number of carboxylic acid groups (broad SMARTS) is 1. The third-order valence-corrected chi connectivity index (χ3v) is 4.66. The molecule has 28 heavy (non-hydrogen) atoms. The first kappa shape index (κ1) is 19.6. The van der Waals surface area contributed by atoms with Crippen LogP contribution in [0.25, 0.3) is 5.76 Å². The minimum atomic E-state index is -1.14. The molecule has 2 N–H and O–H groups in total. The summed E-state index contributed by atoms with van der Waals surface area (Å²) in [7, 11) is 0. The molecule has 0 unspecified atom stereocenters. The first-order valence-electron chi connectivity index (χ1n) is 8.31. The van der Waals surface area contributed by atoms with Crippen molar-refractivity contribution in [3.63, 3.8) is 0 Å². The van der Waals surface area contributed by atoms with Crippen LogP contribution in [0.3, 0.4) is 0 Å². The van der Waals surface area contributed by atoms with Gasteiger partial charge in [-0.2, -0.15) is 0 Å². The first-order chi connectivity index (χ1) is 13.3. The van der Waals surface area contributed by atoms with Crippen LogP contribution in [0.1, 0.15) is 23.6 Å². The maximum absolute atomic E-state index is 13.3. The number of carbonyl (C=O) groups is 3. The Hall–Kier alpha value is -3.19. The number of hydrogen-bond acceptors (Lipinski definition) is 4. The molecular formula is C20H15ClFNO5. The van der Waals surface area contributed by atoms with Crippen molar-refractivity contribution in [3.05, 3.63) is 76.1 Å². The average Bonchev–Trinajstić information content (AvgIpc) is 2.91. The number of likely N-dealkylation sites (tertiary alicyclic amines) is 1. The molecule has 2 aromatic rings. The fourth-order valence-corrected chi connectivity index (χ4v) is 3.21. The topological polar surface area (TPSA) is 94.9 Å². The van der Waals surface area contributed by atoms with Crippen LogP contribution in [-0.2, 0) is 14.4 Å². The van der Waals surface area contributed by atoms with Crippen molar-refractivity contribution in [2.45, 2.75) is 12.5 Å². The molecule has 1 aliphatic rings. The maximum Gasteiger partial charge on any atom is 0.305 e.